The van der Waals surface area contributed by atoms with Crippen LogP contribution in [-0.4, -0.2) is 9.55 Å². The SMILES string of the molecule is Nc1nc2ccc(F)cc2n1-c1ccc(Cl)cc1F. The van der Waals surface area contributed by atoms with E-state index in [0.29, 0.717) is 11.0 Å². The van der Waals surface area contributed by atoms with Crippen LogP contribution in [0.5, 0.6) is 0 Å². The molecule has 0 saturated carbocycles. The van der Waals surface area contributed by atoms with E-state index in [1.807, 2.05) is 0 Å². The van der Waals surface area contributed by atoms with E-state index < -0.39 is 11.6 Å². The zero-order chi connectivity index (χ0) is 13.6. The molecule has 2 N–H and O–H groups in total. The number of rotatable bonds is 1. The van der Waals surface area contributed by atoms with E-state index in [4.69, 9.17) is 17.3 Å². The first-order chi connectivity index (χ1) is 9.06. The van der Waals surface area contributed by atoms with Gasteiger partial charge < -0.3 is 5.73 Å². The Kier molecular flexibility index (Phi) is 2.64. The van der Waals surface area contributed by atoms with Crippen LogP contribution in [0.1, 0.15) is 0 Å². The van der Waals surface area contributed by atoms with Crippen LogP contribution in [0, 0.1) is 11.6 Å². The third kappa shape index (κ3) is 1.92. The number of fused-ring (bicyclic) bond motifs is 1. The predicted molar refractivity (Wildman–Crippen MR) is 70.4 cm³/mol. The molecule has 3 nitrogen and oxygen atoms in total. The molecule has 0 aliphatic rings. The molecule has 0 aliphatic carbocycles. The minimum atomic E-state index is -0.553. The molecule has 0 radical (unpaired) electrons. The Balaban J connectivity index is 2.35. The first-order valence-electron chi connectivity index (χ1n) is 5.45. The molecule has 0 atom stereocenters. The van der Waals surface area contributed by atoms with E-state index in [0.717, 1.165) is 0 Å². The maximum atomic E-state index is 13.9. The van der Waals surface area contributed by atoms with Gasteiger partial charge in [-0.25, -0.2) is 13.8 Å². The molecular formula is C13H8ClF2N3. The van der Waals surface area contributed by atoms with Crippen molar-refractivity contribution >= 4 is 28.6 Å². The summed E-state index contributed by atoms with van der Waals surface area (Å²) < 4.78 is 28.6. The molecular weight excluding hydrogens is 272 g/mol. The summed E-state index contributed by atoms with van der Waals surface area (Å²) in [5, 5.41) is 0.274. The van der Waals surface area contributed by atoms with E-state index in [1.54, 1.807) is 0 Å². The van der Waals surface area contributed by atoms with Gasteiger partial charge in [0.25, 0.3) is 0 Å². The van der Waals surface area contributed by atoms with Gasteiger partial charge in [0.1, 0.15) is 11.6 Å². The van der Waals surface area contributed by atoms with Crippen molar-refractivity contribution in [2.45, 2.75) is 0 Å². The second kappa shape index (κ2) is 4.20. The van der Waals surface area contributed by atoms with Crippen molar-refractivity contribution in [2.24, 2.45) is 0 Å². The second-order valence-electron chi connectivity index (χ2n) is 4.03. The lowest BCUT2D eigenvalue weighted by Crippen LogP contribution is -2.03. The first-order valence-corrected chi connectivity index (χ1v) is 5.83. The van der Waals surface area contributed by atoms with Crippen molar-refractivity contribution in [3.05, 3.63) is 53.1 Å². The molecule has 2 aromatic carbocycles. The fraction of sp³-hybridized carbons (Fsp3) is 0. The lowest BCUT2D eigenvalue weighted by molar-refractivity contribution is 0.618. The Labute approximate surface area is 112 Å². The standard InChI is InChI=1S/C13H8ClF2N3/c14-7-1-4-11(9(16)5-7)19-12-6-8(15)2-3-10(12)18-13(19)17/h1-6H,(H2,17,18). The van der Waals surface area contributed by atoms with Gasteiger partial charge in [0.05, 0.1) is 16.7 Å². The normalized spacial score (nSPS) is 11.1. The summed E-state index contributed by atoms with van der Waals surface area (Å²) in [4.78, 5) is 4.07. The van der Waals surface area contributed by atoms with Gasteiger partial charge >= 0.3 is 0 Å². The number of nitrogen functional groups attached to an aromatic ring is 1. The summed E-state index contributed by atoms with van der Waals surface area (Å²) >= 11 is 5.71. The number of halogens is 3. The van der Waals surface area contributed by atoms with Crippen molar-refractivity contribution in [2.75, 3.05) is 5.73 Å². The van der Waals surface area contributed by atoms with Gasteiger partial charge in [-0.1, -0.05) is 11.6 Å². The fourth-order valence-electron chi connectivity index (χ4n) is 1.98. The summed E-state index contributed by atoms with van der Waals surface area (Å²) in [6.45, 7) is 0. The Morgan fingerprint density at radius 1 is 1.11 bits per heavy atom. The maximum Gasteiger partial charge on any atom is 0.206 e. The van der Waals surface area contributed by atoms with Gasteiger partial charge in [-0.15, -0.1) is 0 Å². The van der Waals surface area contributed by atoms with Crippen LogP contribution in [0.25, 0.3) is 16.7 Å². The fourth-order valence-corrected chi connectivity index (χ4v) is 2.14. The number of anilines is 1. The summed E-state index contributed by atoms with van der Waals surface area (Å²) in [6, 6.07) is 8.20. The molecule has 1 heterocycles. The summed E-state index contributed by atoms with van der Waals surface area (Å²) in [5.74, 6) is -0.910. The molecule has 6 heteroatoms. The van der Waals surface area contributed by atoms with E-state index in [-0.39, 0.29) is 16.7 Å². The zero-order valence-corrected chi connectivity index (χ0v) is 10.3. The lowest BCUT2D eigenvalue weighted by atomic mass is 10.2. The summed E-state index contributed by atoms with van der Waals surface area (Å²) in [7, 11) is 0. The lowest BCUT2D eigenvalue weighted by Gasteiger charge is -2.08. The number of aromatic nitrogens is 2. The molecule has 19 heavy (non-hydrogen) atoms. The van der Waals surface area contributed by atoms with Crippen LogP contribution in [0.2, 0.25) is 5.02 Å². The molecule has 0 amide bonds. The highest BCUT2D eigenvalue weighted by molar-refractivity contribution is 6.30. The Bertz CT molecular complexity index is 783. The molecule has 0 saturated heterocycles. The Morgan fingerprint density at radius 3 is 2.63 bits per heavy atom. The van der Waals surface area contributed by atoms with Crippen LogP contribution >= 0.6 is 11.6 Å². The van der Waals surface area contributed by atoms with Gasteiger partial charge in [-0.3, -0.25) is 4.57 Å². The van der Waals surface area contributed by atoms with Gasteiger partial charge in [0.15, 0.2) is 0 Å². The van der Waals surface area contributed by atoms with E-state index in [9.17, 15) is 8.78 Å². The monoisotopic (exact) mass is 279 g/mol. The number of hydrogen-bond acceptors (Lipinski definition) is 2. The van der Waals surface area contributed by atoms with Crippen molar-refractivity contribution < 1.29 is 8.78 Å². The maximum absolute atomic E-state index is 13.9. The van der Waals surface area contributed by atoms with Crippen molar-refractivity contribution in [1.82, 2.24) is 9.55 Å². The molecule has 3 aromatic rings. The summed E-state index contributed by atoms with van der Waals surface area (Å²) in [6.07, 6.45) is 0. The van der Waals surface area contributed by atoms with Gasteiger partial charge in [0, 0.05) is 11.1 Å². The quantitative estimate of drug-likeness (QED) is 0.740. The van der Waals surface area contributed by atoms with E-state index in [1.165, 1.54) is 41.0 Å². The average Bonchev–Trinajstić information content (AvgIpc) is 2.65. The number of benzene rings is 2. The largest absolute Gasteiger partial charge is 0.369 e. The topological polar surface area (TPSA) is 43.8 Å². The zero-order valence-electron chi connectivity index (χ0n) is 9.57. The number of nitrogens with zero attached hydrogens (tertiary/aromatic N) is 2. The van der Waals surface area contributed by atoms with Crippen LogP contribution in [0.15, 0.2) is 36.4 Å². The smallest absolute Gasteiger partial charge is 0.206 e. The number of imidazole rings is 1. The minimum absolute atomic E-state index is 0.0850. The van der Waals surface area contributed by atoms with Crippen LogP contribution in [0.4, 0.5) is 14.7 Å². The molecule has 0 bridgehead atoms. The van der Waals surface area contributed by atoms with Gasteiger partial charge in [0.2, 0.25) is 5.95 Å². The molecule has 96 valence electrons. The predicted octanol–water partition coefficient (Wildman–Crippen LogP) is 3.54. The van der Waals surface area contributed by atoms with Crippen molar-refractivity contribution in [3.63, 3.8) is 0 Å². The molecule has 0 unspecified atom stereocenters. The van der Waals surface area contributed by atoms with Crippen LogP contribution in [-0.2, 0) is 0 Å². The highest BCUT2D eigenvalue weighted by atomic mass is 35.5. The third-order valence-corrected chi connectivity index (χ3v) is 3.03. The number of nitrogens with two attached hydrogens (primary N) is 1. The molecule has 0 fully saturated rings. The van der Waals surface area contributed by atoms with Crippen molar-refractivity contribution in [3.8, 4) is 5.69 Å². The Morgan fingerprint density at radius 2 is 1.89 bits per heavy atom. The minimum Gasteiger partial charge on any atom is -0.369 e. The molecule has 1 aromatic heterocycles. The Hall–Kier alpha value is -2.14. The highest BCUT2D eigenvalue weighted by Gasteiger charge is 2.14. The molecule has 0 spiro atoms. The van der Waals surface area contributed by atoms with Gasteiger partial charge in [-0.05, 0) is 30.3 Å². The third-order valence-electron chi connectivity index (χ3n) is 2.79. The molecule has 0 aliphatic heterocycles. The highest BCUT2D eigenvalue weighted by Crippen LogP contribution is 2.26. The van der Waals surface area contributed by atoms with Crippen LogP contribution < -0.4 is 5.73 Å². The van der Waals surface area contributed by atoms with Crippen LogP contribution in [0.3, 0.4) is 0 Å². The first kappa shape index (κ1) is 11.9. The number of hydrogen-bond donors (Lipinski definition) is 1. The summed E-state index contributed by atoms with van der Waals surface area (Å²) in [5.41, 5.74) is 6.84. The van der Waals surface area contributed by atoms with E-state index >= 15 is 0 Å². The van der Waals surface area contributed by atoms with Crippen molar-refractivity contribution in [1.29, 1.82) is 0 Å². The van der Waals surface area contributed by atoms with Gasteiger partial charge in [-0.2, -0.15) is 0 Å². The van der Waals surface area contributed by atoms with E-state index in [2.05, 4.69) is 4.98 Å². The molecule has 3 rings (SSSR count). The second-order valence-corrected chi connectivity index (χ2v) is 4.47. The average molecular weight is 280 g/mol.